The van der Waals surface area contributed by atoms with Crippen LogP contribution >= 0.6 is 0 Å². The number of hydrogen-bond acceptors (Lipinski definition) is 2. The maximum absolute atomic E-state index is 4.31. The van der Waals surface area contributed by atoms with Crippen molar-refractivity contribution in [1.82, 2.24) is 15.2 Å². The van der Waals surface area contributed by atoms with Crippen LogP contribution < -0.4 is 0 Å². The van der Waals surface area contributed by atoms with E-state index in [9.17, 15) is 0 Å². The number of H-pyrrole nitrogens is 1. The Morgan fingerprint density at radius 3 is 2.89 bits per heavy atom. The molecule has 0 aliphatic heterocycles. The van der Waals surface area contributed by atoms with E-state index in [0.29, 0.717) is 0 Å². The molecule has 18 heavy (non-hydrogen) atoms. The molecule has 1 N–H and O–H groups in total. The third kappa shape index (κ3) is 2.02. The Morgan fingerprint density at radius 2 is 2.06 bits per heavy atom. The lowest BCUT2D eigenvalue weighted by Gasteiger charge is -1.93. The highest BCUT2D eigenvalue weighted by atomic mass is 15.1. The van der Waals surface area contributed by atoms with E-state index in [2.05, 4.69) is 40.3 Å². The van der Waals surface area contributed by atoms with Crippen LogP contribution in [0.3, 0.4) is 0 Å². The molecule has 2 heterocycles. The number of fused-ring (bicyclic) bond motifs is 1. The molecule has 3 rings (SSSR count). The minimum atomic E-state index is 0.931. The predicted molar refractivity (Wildman–Crippen MR) is 74.0 cm³/mol. The van der Waals surface area contributed by atoms with Gasteiger partial charge < -0.3 is 0 Å². The molecule has 0 amide bonds. The minimum Gasteiger partial charge on any atom is -0.277 e. The molecular formula is C15H13N3. The van der Waals surface area contributed by atoms with Gasteiger partial charge in [0, 0.05) is 11.6 Å². The zero-order valence-electron chi connectivity index (χ0n) is 10.1. The molecule has 0 atom stereocenters. The number of pyridine rings is 1. The quantitative estimate of drug-likeness (QED) is 0.739. The molecule has 88 valence electrons. The molecule has 1 aromatic carbocycles. The van der Waals surface area contributed by atoms with Gasteiger partial charge in [-0.1, -0.05) is 18.2 Å². The fourth-order valence-corrected chi connectivity index (χ4v) is 1.92. The van der Waals surface area contributed by atoms with Gasteiger partial charge >= 0.3 is 0 Å². The van der Waals surface area contributed by atoms with E-state index >= 15 is 0 Å². The second kappa shape index (κ2) is 4.45. The van der Waals surface area contributed by atoms with Crippen molar-refractivity contribution in [3.05, 3.63) is 59.5 Å². The molecule has 3 nitrogen and oxygen atoms in total. The van der Waals surface area contributed by atoms with Gasteiger partial charge in [0.25, 0.3) is 0 Å². The van der Waals surface area contributed by atoms with Gasteiger partial charge in [-0.25, -0.2) is 0 Å². The second-order valence-electron chi connectivity index (χ2n) is 4.25. The van der Waals surface area contributed by atoms with Crippen LogP contribution in [-0.4, -0.2) is 15.2 Å². The van der Waals surface area contributed by atoms with E-state index in [-0.39, 0.29) is 0 Å². The highest BCUT2D eigenvalue weighted by molar-refractivity contribution is 5.89. The fraction of sp³-hybridized carbons (Fsp3) is 0.0667. The van der Waals surface area contributed by atoms with Gasteiger partial charge in [0.2, 0.25) is 0 Å². The van der Waals surface area contributed by atoms with E-state index in [0.717, 1.165) is 22.3 Å². The van der Waals surface area contributed by atoms with Gasteiger partial charge in [-0.3, -0.25) is 10.1 Å². The minimum absolute atomic E-state index is 0.931. The molecule has 0 fully saturated rings. The Balaban J connectivity index is 1.98. The first-order valence-corrected chi connectivity index (χ1v) is 5.87. The van der Waals surface area contributed by atoms with E-state index in [1.807, 2.05) is 30.4 Å². The summed E-state index contributed by atoms with van der Waals surface area (Å²) in [7, 11) is 0. The van der Waals surface area contributed by atoms with Crippen LogP contribution in [0.1, 0.15) is 17.0 Å². The normalized spacial score (nSPS) is 11.4. The number of aromatic amines is 1. The van der Waals surface area contributed by atoms with Crippen molar-refractivity contribution in [2.75, 3.05) is 0 Å². The van der Waals surface area contributed by atoms with Gasteiger partial charge in [0.1, 0.15) is 0 Å². The molecule has 0 saturated heterocycles. The summed E-state index contributed by atoms with van der Waals surface area (Å²) in [5.74, 6) is 0. The smallest absolute Gasteiger partial charge is 0.0927 e. The van der Waals surface area contributed by atoms with Crippen molar-refractivity contribution in [1.29, 1.82) is 0 Å². The third-order valence-corrected chi connectivity index (χ3v) is 2.85. The first-order chi connectivity index (χ1) is 8.83. The van der Waals surface area contributed by atoms with Crippen molar-refractivity contribution in [3.63, 3.8) is 0 Å². The lowest BCUT2D eigenvalue weighted by Crippen LogP contribution is -1.77. The van der Waals surface area contributed by atoms with Crippen LogP contribution in [0.25, 0.3) is 23.1 Å². The van der Waals surface area contributed by atoms with Crippen LogP contribution in [0.15, 0.2) is 42.6 Å². The standard InChI is InChI=1S/C15H13N3/c1-11-5-7-13-14(17-18-15(13)10-11)8-6-12-4-2-3-9-16-12/h2-10H,1H3,(H,17,18)/b8-6+. The number of hydrogen-bond donors (Lipinski definition) is 1. The highest BCUT2D eigenvalue weighted by Gasteiger charge is 2.02. The number of aromatic nitrogens is 3. The number of aryl methyl sites for hydroxylation is 1. The van der Waals surface area contributed by atoms with Crippen molar-refractivity contribution in [2.45, 2.75) is 6.92 Å². The predicted octanol–water partition coefficient (Wildman–Crippen LogP) is 3.44. The Bertz CT molecular complexity index is 696. The summed E-state index contributed by atoms with van der Waals surface area (Å²) in [6, 6.07) is 12.1. The summed E-state index contributed by atoms with van der Waals surface area (Å²) >= 11 is 0. The highest BCUT2D eigenvalue weighted by Crippen LogP contribution is 2.18. The maximum Gasteiger partial charge on any atom is 0.0927 e. The lowest BCUT2D eigenvalue weighted by molar-refractivity contribution is 1.11. The SMILES string of the molecule is Cc1ccc2c(/C=C/c3ccccn3)n[nH]c2c1. The first kappa shape index (κ1) is 10.7. The molecule has 0 bridgehead atoms. The van der Waals surface area contributed by atoms with Crippen LogP contribution in [0.5, 0.6) is 0 Å². The van der Waals surface area contributed by atoms with Gasteiger partial charge in [-0.05, 0) is 42.8 Å². The van der Waals surface area contributed by atoms with Gasteiger partial charge in [-0.15, -0.1) is 0 Å². The van der Waals surface area contributed by atoms with E-state index in [1.54, 1.807) is 6.20 Å². The molecule has 0 aliphatic rings. The van der Waals surface area contributed by atoms with Crippen LogP contribution in [-0.2, 0) is 0 Å². The molecule has 0 aliphatic carbocycles. The third-order valence-electron chi connectivity index (χ3n) is 2.85. The van der Waals surface area contributed by atoms with E-state index in [1.165, 1.54) is 5.56 Å². The summed E-state index contributed by atoms with van der Waals surface area (Å²) in [4.78, 5) is 4.25. The average Bonchev–Trinajstić information content (AvgIpc) is 2.80. The average molecular weight is 235 g/mol. The summed E-state index contributed by atoms with van der Waals surface area (Å²) in [5.41, 5.74) is 4.17. The molecule has 0 radical (unpaired) electrons. The monoisotopic (exact) mass is 235 g/mol. The van der Waals surface area contributed by atoms with Crippen LogP contribution in [0.4, 0.5) is 0 Å². The molecule has 2 aromatic heterocycles. The first-order valence-electron chi connectivity index (χ1n) is 5.87. The fourth-order valence-electron chi connectivity index (χ4n) is 1.92. The lowest BCUT2D eigenvalue weighted by atomic mass is 10.1. The zero-order valence-corrected chi connectivity index (χ0v) is 10.1. The second-order valence-corrected chi connectivity index (χ2v) is 4.25. The molecule has 3 aromatic rings. The van der Waals surface area contributed by atoms with Crippen LogP contribution in [0, 0.1) is 6.92 Å². The Labute approximate surface area is 105 Å². The molecule has 0 saturated carbocycles. The van der Waals surface area contributed by atoms with Crippen molar-refractivity contribution in [2.24, 2.45) is 0 Å². The maximum atomic E-state index is 4.31. The summed E-state index contributed by atoms with van der Waals surface area (Å²) < 4.78 is 0. The van der Waals surface area contributed by atoms with Crippen LogP contribution in [0.2, 0.25) is 0 Å². The summed E-state index contributed by atoms with van der Waals surface area (Å²) in [5, 5.41) is 8.49. The molecule has 0 spiro atoms. The van der Waals surface area contributed by atoms with Gasteiger partial charge in [-0.2, -0.15) is 5.10 Å². The number of rotatable bonds is 2. The van der Waals surface area contributed by atoms with Crippen molar-refractivity contribution >= 4 is 23.1 Å². The topological polar surface area (TPSA) is 41.6 Å². The Hall–Kier alpha value is -2.42. The Morgan fingerprint density at radius 1 is 1.11 bits per heavy atom. The number of benzene rings is 1. The van der Waals surface area contributed by atoms with Crippen molar-refractivity contribution < 1.29 is 0 Å². The van der Waals surface area contributed by atoms with E-state index in [4.69, 9.17) is 0 Å². The zero-order chi connectivity index (χ0) is 12.4. The molecule has 3 heteroatoms. The van der Waals surface area contributed by atoms with Crippen molar-refractivity contribution in [3.8, 4) is 0 Å². The largest absolute Gasteiger partial charge is 0.277 e. The molecular weight excluding hydrogens is 222 g/mol. The molecule has 0 unspecified atom stereocenters. The van der Waals surface area contributed by atoms with E-state index < -0.39 is 0 Å². The number of nitrogens with zero attached hydrogens (tertiary/aromatic N) is 2. The Kier molecular flexibility index (Phi) is 2.65. The van der Waals surface area contributed by atoms with Gasteiger partial charge in [0.15, 0.2) is 0 Å². The summed E-state index contributed by atoms with van der Waals surface area (Å²) in [6.45, 7) is 2.07. The van der Waals surface area contributed by atoms with Gasteiger partial charge in [0.05, 0.1) is 16.9 Å². The summed E-state index contributed by atoms with van der Waals surface area (Å²) in [6.07, 6.45) is 5.73. The number of nitrogens with one attached hydrogen (secondary N) is 1.